The second-order valence-electron chi connectivity index (χ2n) is 5.12. The number of aryl methyl sites for hydroxylation is 1. The Kier molecular flexibility index (Phi) is 3.75. The van der Waals surface area contributed by atoms with Gasteiger partial charge in [0.1, 0.15) is 17.2 Å². The van der Waals surface area contributed by atoms with Crippen molar-refractivity contribution in [3.63, 3.8) is 0 Å². The molecule has 2 aromatic heterocycles. The monoisotopic (exact) mass is 337 g/mol. The van der Waals surface area contributed by atoms with Crippen molar-refractivity contribution in [2.75, 3.05) is 5.32 Å². The van der Waals surface area contributed by atoms with E-state index in [-0.39, 0.29) is 17.1 Å². The summed E-state index contributed by atoms with van der Waals surface area (Å²) in [7, 11) is 0. The molecule has 24 heavy (non-hydrogen) atoms. The van der Waals surface area contributed by atoms with Gasteiger partial charge in [-0.2, -0.15) is 13.2 Å². The molecule has 0 saturated heterocycles. The second kappa shape index (κ2) is 5.63. The number of pyridine rings is 1. The fourth-order valence-corrected chi connectivity index (χ4v) is 2.43. The lowest BCUT2D eigenvalue weighted by atomic mass is 10.1. The Bertz CT molecular complexity index is 931. The smallest absolute Gasteiger partial charge is 0.320 e. The van der Waals surface area contributed by atoms with Crippen LogP contribution < -0.4 is 5.32 Å². The van der Waals surface area contributed by atoms with Crippen LogP contribution in [0.3, 0.4) is 0 Å². The zero-order valence-corrected chi connectivity index (χ0v) is 12.4. The van der Waals surface area contributed by atoms with Crippen molar-refractivity contribution in [1.82, 2.24) is 9.38 Å². The van der Waals surface area contributed by atoms with Crippen LogP contribution in [0.5, 0.6) is 0 Å². The van der Waals surface area contributed by atoms with E-state index in [1.54, 1.807) is 0 Å². The van der Waals surface area contributed by atoms with Crippen LogP contribution in [0.25, 0.3) is 5.65 Å². The van der Waals surface area contributed by atoms with Gasteiger partial charge in [0, 0.05) is 6.20 Å². The van der Waals surface area contributed by atoms with E-state index in [9.17, 15) is 22.4 Å². The van der Waals surface area contributed by atoms with Gasteiger partial charge in [-0.15, -0.1) is 0 Å². The topological polar surface area (TPSA) is 46.4 Å². The summed E-state index contributed by atoms with van der Waals surface area (Å²) >= 11 is 0. The molecule has 0 saturated carbocycles. The van der Waals surface area contributed by atoms with Gasteiger partial charge in [-0.3, -0.25) is 9.20 Å². The molecule has 3 aromatic rings. The third-order valence-corrected chi connectivity index (χ3v) is 3.45. The van der Waals surface area contributed by atoms with Crippen LogP contribution in [0.1, 0.15) is 21.7 Å². The van der Waals surface area contributed by atoms with Gasteiger partial charge in [-0.05, 0) is 31.2 Å². The number of carbonyl (C=O) groups excluding carboxylic acids is 1. The Morgan fingerprint density at radius 2 is 1.88 bits per heavy atom. The maximum Gasteiger partial charge on any atom is 0.418 e. The number of imidazole rings is 1. The Balaban J connectivity index is 2.03. The molecule has 4 nitrogen and oxygen atoms in total. The Morgan fingerprint density at radius 1 is 1.17 bits per heavy atom. The summed E-state index contributed by atoms with van der Waals surface area (Å²) < 4.78 is 53.6. The maximum atomic E-state index is 13.4. The van der Waals surface area contributed by atoms with Crippen LogP contribution in [-0.4, -0.2) is 15.3 Å². The van der Waals surface area contributed by atoms with Crippen molar-refractivity contribution >= 4 is 17.2 Å². The zero-order chi connectivity index (χ0) is 17.5. The molecule has 0 aliphatic heterocycles. The summed E-state index contributed by atoms with van der Waals surface area (Å²) in [4.78, 5) is 16.5. The van der Waals surface area contributed by atoms with Crippen molar-refractivity contribution in [3.05, 3.63) is 65.4 Å². The molecule has 0 aliphatic carbocycles. The molecule has 0 atom stereocenters. The van der Waals surface area contributed by atoms with Crippen molar-refractivity contribution in [1.29, 1.82) is 0 Å². The van der Waals surface area contributed by atoms with E-state index in [0.717, 1.165) is 18.3 Å². The highest BCUT2D eigenvalue weighted by Gasteiger charge is 2.34. The predicted octanol–water partition coefficient (Wildman–Crippen LogP) is 4.05. The third kappa shape index (κ3) is 2.82. The highest BCUT2D eigenvalue weighted by molar-refractivity contribution is 6.04. The van der Waals surface area contributed by atoms with Crippen LogP contribution in [0.15, 0.2) is 42.6 Å². The molecule has 0 spiro atoms. The van der Waals surface area contributed by atoms with E-state index >= 15 is 0 Å². The van der Waals surface area contributed by atoms with Crippen molar-refractivity contribution in [2.24, 2.45) is 0 Å². The number of para-hydroxylation sites is 1. The molecule has 1 N–H and O–H groups in total. The number of benzene rings is 1. The fourth-order valence-electron chi connectivity index (χ4n) is 2.43. The van der Waals surface area contributed by atoms with Crippen molar-refractivity contribution in [2.45, 2.75) is 13.1 Å². The maximum absolute atomic E-state index is 13.4. The first kappa shape index (κ1) is 16.0. The summed E-state index contributed by atoms with van der Waals surface area (Å²) in [6.07, 6.45) is -3.55. The number of halogens is 4. The number of nitrogens with zero attached hydrogens (tertiary/aromatic N) is 2. The Hall–Kier alpha value is -2.90. The second-order valence-corrected chi connectivity index (χ2v) is 5.12. The molecule has 1 amide bonds. The largest absolute Gasteiger partial charge is 0.418 e. The number of fused-ring (bicyclic) bond motifs is 1. The van der Waals surface area contributed by atoms with Gasteiger partial charge < -0.3 is 5.32 Å². The number of carbonyl (C=O) groups is 1. The molecule has 0 unspecified atom stereocenters. The minimum absolute atomic E-state index is 0.0264. The van der Waals surface area contributed by atoms with Gasteiger partial charge in [0.15, 0.2) is 0 Å². The van der Waals surface area contributed by atoms with E-state index in [2.05, 4.69) is 10.3 Å². The van der Waals surface area contributed by atoms with Crippen LogP contribution in [0.2, 0.25) is 0 Å². The number of rotatable bonds is 2. The van der Waals surface area contributed by atoms with Gasteiger partial charge in [0.05, 0.1) is 16.9 Å². The van der Waals surface area contributed by atoms with E-state index < -0.39 is 23.5 Å². The summed E-state index contributed by atoms with van der Waals surface area (Å²) in [5.74, 6) is -1.40. The number of amides is 1. The lowest BCUT2D eigenvalue weighted by molar-refractivity contribution is -0.136. The lowest BCUT2D eigenvalue weighted by Crippen LogP contribution is -2.19. The molecular formula is C16H11F4N3O. The van der Waals surface area contributed by atoms with E-state index in [0.29, 0.717) is 5.65 Å². The minimum Gasteiger partial charge on any atom is -0.320 e. The van der Waals surface area contributed by atoms with Gasteiger partial charge in [-0.25, -0.2) is 9.37 Å². The number of aromatic nitrogens is 2. The molecule has 8 heteroatoms. The number of nitrogens with one attached hydrogen (secondary N) is 1. The molecule has 0 aliphatic rings. The van der Waals surface area contributed by atoms with Crippen LogP contribution in [0, 0.1) is 12.7 Å². The summed E-state index contributed by atoms with van der Waals surface area (Å²) in [5.41, 5.74) is -0.760. The van der Waals surface area contributed by atoms with E-state index in [1.165, 1.54) is 35.6 Å². The number of anilines is 1. The third-order valence-electron chi connectivity index (χ3n) is 3.45. The standard InChI is InChI=1S/C16H11F4N3O/c1-9-14(23-8-10(17)6-7-13(23)21-9)15(24)22-12-5-3-2-4-11(12)16(18,19)20/h2-8H,1H3,(H,22,24). The average Bonchev–Trinajstić information content (AvgIpc) is 2.82. The first-order valence-corrected chi connectivity index (χ1v) is 6.89. The molecular weight excluding hydrogens is 326 g/mol. The molecule has 3 rings (SSSR count). The number of alkyl halides is 3. The zero-order valence-electron chi connectivity index (χ0n) is 12.4. The van der Waals surface area contributed by atoms with Crippen LogP contribution >= 0.6 is 0 Å². The van der Waals surface area contributed by atoms with Crippen LogP contribution in [0.4, 0.5) is 23.2 Å². The molecule has 0 bridgehead atoms. The Labute approximate surface area is 133 Å². The van der Waals surface area contributed by atoms with Gasteiger partial charge in [0.25, 0.3) is 5.91 Å². The van der Waals surface area contributed by atoms with Gasteiger partial charge >= 0.3 is 6.18 Å². The molecule has 1 aromatic carbocycles. The molecule has 124 valence electrons. The lowest BCUT2D eigenvalue weighted by Gasteiger charge is -2.13. The summed E-state index contributed by atoms with van der Waals surface area (Å²) in [5, 5.41) is 2.23. The highest BCUT2D eigenvalue weighted by atomic mass is 19.4. The van der Waals surface area contributed by atoms with Crippen molar-refractivity contribution in [3.8, 4) is 0 Å². The van der Waals surface area contributed by atoms with E-state index in [4.69, 9.17) is 0 Å². The van der Waals surface area contributed by atoms with E-state index in [1.807, 2.05) is 0 Å². The quantitative estimate of drug-likeness (QED) is 0.717. The molecule has 0 radical (unpaired) electrons. The normalized spacial score (nSPS) is 11.7. The fraction of sp³-hybridized carbons (Fsp3) is 0.125. The van der Waals surface area contributed by atoms with Gasteiger partial charge in [-0.1, -0.05) is 12.1 Å². The summed E-state index contributed by atoms with van der Waals surface area (Å²) in [6, 6.07) is 7.20. The van der Waals surface area contributed by atoms with Gasteiger partial charge in [0.2, 0.25) is 0 Å². The predicted molar refractivity (Wildman–Crippen MR) is 79.3 cm³/mol. The minimum atomic E-state index is -4.61. The molecule has 0 fully saturated rings. The number of hydrogen-bond donors (Lipinski definition) is 1. The highest BCUT2D eigenvalue weighted by Crippen LogP contribution is 2.34. The van der Waals surface area contributed by atoms with Crippen LogP contribution in [-0.2, 0) is 6.18 Å². The molecule has 2 heterocycles. The average molecular weight is 337 g/mol. The van der Waals surface area contributed by atoms with Crippen molar-refractivity contribution < 1.29 is 22.4 Å². The first-order chi connectivity index (χ1) is 11.3. The Morgan fingerprint density at radius 3 is 2.58 bits per heavy atom. The summed E-state index contributed by atoms with van der Waals surface area (Å²) in [6.45, 7) is 1.52. The first-order valence-electron chi connectivity index (χ1n) is 6.89. The number of hydrogen-bond acceptors (Lipinski definition) is 2. The SMILES string of the molecule is Cc1nc2ccc(F)cn2c1C(=O)Nc1ccccc1C(F)(F)F.